The van der Waals surface area contributed by atoms with Crippen molar-refractivity contribution < 1.29 is 9.18 Å². The van der Waals surface area contributed by atoms with Crippen molar-refractivity contribution in [2.45, 2.75) is 31.2 Å². The maximum Gasteiger partial charge on any atom is 0.157 e. The van der Waals surface area contributed by atoms with E-state index in [0.29, 0.717) is 23.4 Å². The van der Waals surface area contributed by atoms with Gasteiger partial charge in [0.05, 0.1) is 0 Å². The molecule has 0 amide bonds. The molecule has 1 aliphatic rings. The monoisotopic (exact) mass is 255 g/mol. The van der Waals surface area contributed by atoms with Gasteiger partial charge in [0.1, 0.15) is 11.4 Å². The number of carbonyl (C=O) groups is 1. The Morgan fingerprint density at radius 1 is 1.41 bits per heavy atom. The maximum atomic E-state index is 13.1. The van der Waals surface area contributed by atoms with Gasteiger partial charge in [-0.1, -0.05) is 24.1 Å². The van der Waals surface area contributed by atoms with Crippen molar-refractivity contribution in [3.8, 4) is 0 Å². The Morgan fingerprint density at radius 2 is 2.18 bits per heavy atom. The third-order valence-electron chi connectivity index (χ3n) is 3.50. The highest BCUT2D eigenvalue weighted by Crippen LogP contribution is 2.37. The van der Waals surface area contributed by atoms with Gasteiger partial charge in [-0.2, -0.15) is 0 Å². The molecule has 1 fully saturated rings. The fraction of sp³-hybridized carbons (Fsp3) is 0.462. The fourth-order valence-electron chi connectivity index (χ4n) is 2.55. The van der Waals surface area contributed by atoms with Crippen LogP contribution in [0.5, 0.6) is 0 Å². The second kappa shape index (κ2) is 4.75. The first-order valence-electron chi connectivity index (χ1n) is 5.78. The van der Waals surface area contributed by atoms with Crippen molar-refractivity contribution in [2.24, 2.45) is 0 Å². The molecule has 2 rings (SSSR count). The highest BCUT2D eigenvalue weighted by Gasteiger charge is 2.41. The van der Waals surface area contributed by atoms with Gasteiger partial charge in [0, 0.05) is 11.4 Å². The zero-order chi connectivity index (χ0) is 12.5. The first-order chi connectivity index (χ1) is 8.10. The molecule has 1 saturated carbocycles. The van der Waals surface area contributed by atoms with Crippen molar-refractivity contribution in [1.29, 1.82) is 0 Å². The minimum Gasteiger partial charge on any atom is -0.304 e. The zero-order valence-corrected chi connectivity index (χ0v) is 10.5. The average molecular weight is 256 g/mol. The lowest BCUT2D eigenvalue weighted by molar-refractivity contribution is -0.127. The van der Waals surface area contributed by atoms with E-state index in [4.69, 9.17) is 11.6 Å². The molecule has 17 heavy (non-hydrogen) atoms. The van der Waals surface area contributed by atoms with Crippen LogP contribution in [0.4, 0.5) is 4.39 Å². The van der Waals surface area contributed by atoms with Gasteiger partial charge < -0.3 is 5.32 Å². The molecule has 1 aromatic rings. The number of Topliss-reactive ketones (excluding diaryl/α,β-unsaturated/α-hetero) is 1. The van der Waals surface area contributed by atoms with Gasteiger partial charge in [-0.15, -0.1) is 0 Å². The standard InChI is InChI=1S/C13H15ClFNO/c1-16-13(7-3-2-4-12(13)17)10-6-5-9(15)8-11(10)14/h5-6,8,16H,2-4,7H2,1H3. The van der Waals surface area contributed by atoms with E-state index in [0.717, 1.165) is 12.8 Å². The predicted octanol–water partition coefficient (Wildman–Crippen LogP) is 3.04. The molecule has 1 aliphatic carbocycles. The third-order valence-corrected chi connectivity index (χ3v) is 3.81. The molecule has 0 aromatic heterocycles. The maximum absolute atomic E-state index is 13.1. The largest absolute Gasteiger partial charge is 0.304 e. The summed E-state index contributed by atoms with van der Waals surface area (Å²) >= 11 is 6.06. The number of likely N-dealkylation sites (N-methyl/N-ethyl adjacent to an activating group) is 1. The number of benzene rings is 1. The van der Waals surface area contributed by atoms with Gasteiger partial charge in [0.25, 0.3) is 0 Å². The van der Waals surface area contributed by atoms with Crippen LogP contribution in [0, 0.1) is 5.82 Å². The number of halogens is 2. The number of hydrogen-bond acceptors (Lipinski definition) is 2. The van der Waals surface area contributed by atoms with Crippen LogP contribution < -0.4 is 5.32 Å². The minimum absolute atomic E-state index is 0.139. The summed E-state index contributed by atoms with van der Waals surface area (Å²) in [5.74, 6) is -0.243. The lowest BCUT2D eigenvalue weighted by Gasteiger charge is -2.36. The highest BCUT2D eigenvalue weighted by molar-refractivity contribution is 6.31. The molecule has 1 aromatic carbocycles. The van der Waals surface area contributed by atoms with Crippen LogP contribution in [-0.2, 0) is 10.3 Å². The molecular weight excluding hydrogens is 241 g/mol. The number of nitrogens with one attached hydrogen (secondary N) is 1. The summed E-state index contributed by atoms with van der Waals surface area (Å²) in [6.45, 7) is 0. The van der Waals surface area contributed by atoms with Gasteiger partial charge in [0.2, 0.25) is 0 Å². The van der Waals surface area contributed by atoms with Gasteiger partial charge in [-0.05, 0) is 37.6 Å². The van der Waals surface area contributed by atoms with E-state index in [9.17, 15) is 9.18 Å². The first kappa shape index (κ1) is 12.5. The molecule has 0 heterocycles. The predicted molar refractivity (Wildman–Crippen MR) is 65.6 cm³/mol. The normalized spacial score (nSPS) is 25.0. The summed E-state index contributed by atoms with van der Waals surface area (Å²) in [7, 11) is 1.75. The van der Waals surface area contributed by atoms with E-state index in [-0.39, 0.29) is 11.6 Å². The molecule has 1 atom stereocenters. The van der Waals surface area contributed by atoms with Crippen LogP contribution in [0.1, 0.15) is 31.2 Å². The molecule has 0 saturated heterocycles. The van der Waals surface area contributed by atoms with Crippen molar-refractivity contribution in [3.05, 3.63) is 34.6 Å². The zero-order valence-electron chi connectivity index (χ0n) is 9.72. The molecule has 92 valence electrons. The first-order valence-corrected chi connectivity index (χ1v) is 6.16. The molecule has 0 radical (unpaired) electrons. The Morgan fingerprint density at radius 3 is 2.76 bits per heavy atom. The van der Waals surface area contributed by atoms with Crippen molar-refractivity contribution >= 4 is 17.4 Å². The van der Waals surface area contributed by atoms with Crippen molar-refractivity contribution in [1.82, 2.24) is 5.32 Å². The van der Waals surface area contributed by atoms with Crippen LogP contribution in [0.3, 0.4) is 0 Å². The van der Waals surface area contributed by atoms with E-state index in [2.05, 4.69) is 5.32 Å². The van der Waals surface area contributed by atoms with Crippen LogP contribution in [0.25, 0.3) is 0 Å². The van der Waals surface area contributed by atoms with Gasteiger partial charge in [0.15, 0.2) is 5.78 Å². The van der Waals surface area contributed by atoms with Crippen LogP contribution in [0.2, 0.25) is 5.02 Å². The Balaban J connectivity index is 2.50. The summed E-state index contributed by atoms with van der Waals surface area (Å²) in [5.41, 5.74) is -0.0454. The van der Waals surface area contributed by atoms with Crippen LogP contribution in [0.15, 0.2) is 18.2 Å². The summed E-state index contributed by atoms with van der Waals surface area (Å²) in [5, 5.41) is 3.40. The number of hydrogen-bond donors (Lipinski definition) is 1. The Kier molecular flexibility index (Phi) is 3.50. The molecule has 0 bridgehead atoms. The molecule has 2 nitrogen and oxygen atoms in total. The highest BCUT2D eigenvalue weighted by atomic mass is 35.5. The number of carbonyl (C=O) groups excluding carboxylic acids is 1. The van der Waals surface area contributed by atoms with E-state index >= 15 is 0 Å². The Bertz CT molecular complexity index is 449. The molecule has 1 N–H and O–H groups in total. The smallest absolute Gasteiger partial charge is 0.157 e. The van der Waals surface area contributed by atoms with Crippen LogP contribution in [-0.4, -0.2) is 12.8 Å². The second-order valence-corrected chi connectivity index (χ2v) is 4.82. The number of ketones is 1. The van der Waals surface area contributed by atoms with E-state index in [1.807, 2.05) is 0 Å². The second-order valence-electron chi connectivity index (χ2n) is 4.41. The summed E-state index contributed by atoms with van der Waals surface area (Å²) in [6.07, 6.45) is 3.16. The van der Waals surface area contributed by atoms with E-state index in [1.54, 1.807) is 13.1 Å². The average Bonchev–Trinajstić information content (AvgIpc) is 2.31. The fourth-order valence-corrected chi connectivity index (χ4v) is 2.88. The summed E-state index contributed by atoms with van der Waals surface area (Å²) < 4.78 is 13.1. The summed E-state index contributed by atoms with van der Waals surface area (Å²) in [4.78, 5) is 12.2. The van der Waals surface area contributed by atoms with Gasteiger partial charge in [-0.25, -0.2) is 4.39 Å². The molecule has 0 aliphatic heterocycles. The lowest BCUT2D eigenvalue weighted by Crippen LogP contribution is -2.49. The van der Waals surface area contributed by atoms with Gasteiger partial charge in [-0.3, -0.25) is 4.79 Å². The molecular formula is C13H15ClFNO. The van der Waals surface area contributed by atoms with Gasteiger partial charge >= 0.3 is 0 Å². The molecule has 0 spiro atoms. The van der Waals surface area contributed by atoms with Crippen LogP contribution >= 0.6 is 11.6 Å². The SMILES string of the molecule is CNC1(c2ccc(F)cc2Cl)CCCCC1=O. The van der Waals surface area contributed by atoms with Crippen molar-refractivity contribution in [3.63, 3.8) is 0 Å². The molecule has 1 unspecified atom stereocenters. The topological polar surface area (TPSA) is 29.1 Å². The van der Waals surface area contributed by atoms with Crippen molar-refractivity contribution in [2.75, 3.05) is 7.05 Å². The Labute approximate surface area is 105 Å². The quantitative estimate of drug-likeness (QED) is 0.880. The minimum atomic E-state index is -0.733. The van der Waals surface area contributed by atoms with E-state index in [1.165, 1.54) is 12.1 Å². The summed E-state index contributed by atoms with van der Waals surface area (Å²) in [6, 6.07) is 4.22. The Hall–Kier alpha value is -0.930. The lowest BCUT2D eigenvalue weighted by atomic mass is 9.75. The third kappa shape index (κ3) is 2.09. The number of rotatable bonds is 2. The molecule has 4 heteroatoms. The van der Waals surface area contributed by atoms with E-state index < -0.39 is 5.54 Å².